The SMILES string of the molecule is Cn1ccnc(N2CCC[C@H](NC(=O)CN3CSCC3=O)C2)c1=O. The number of hydrogen-bond donors (Lipinski definition) is 1. The molecule has 1 N–H and O–H groups in total. The fraction of sp³-hybridized carbons (Fsp3) is 0.600. The van der Waals surface area contributed by atoms with Crippen molar-refractivity contribution in [1.82, 2.24) is 19.8 Å². The van der Waals surface area contributed by atoms with Gasteiger partial charge in [0.25, 0.3) is 5.56 Å². The summed E-state index contributed by atoms with van der Waals surface area (Å²) in [5.74, 6) is 1.31. The molecule has 3 rings (SSSR count). The Morgan fingerprint density at radius 2 is 2.29 bits per heavy atom. The zero-order chi connectivity index (χ0) is 17.1. The third-order valence-corrected chi connectivity index (χ3v) is 5.19. The number of hydrogen-bond acceptors (Lipinski definition) is 6. The van der Waals surface area contributed by atoms with Crippen LogP contribution in [0.15, 0.2) is 17.2 Å². The topological polar surface area (TPSA) is 87.5 Å². The van der Waals surface area contributed by atoms with Gasteiger partial charge >= 0.3 is 0 Å². The van der Waals surface area contributed by atoms with Crippen LogP contribution in [0.25, 0.3) is 0 Å². The molecule has 0 aromatic carbocycles. The molecule has 2 saturated heterocycles. The van der Waals surface area contributed by atoms with Crippen LogP contribution in [0, 0.1) is 0 Å². The van der Waals surface area contributed by atoms with Crippen molar-refractivity contribution in [2.75, 3.05) is 36.2 Å². The maximum atomic E-state index is 12.2. The fourth-order valence-corrected chi connectivity index (χ4v) is 3.88. The molecular formula is C15H21N5O3S. The molecule has 2 aliphatic rings. The van der Waals surface area contributed by atoms with Crippen LogP contribution >= 0.6 is 11.8 Å². The average Bonchev–Trinajstić information content (AvgIpc) is 2.95. The van der Waals surface area contributed by atoms with Gasteiger partial charge in [-0.05, 0) is 12.8 Å². The number of rotatable bonds is 4. The van der Waals surface area contributed by atoms with Gasteiger partial charge in [0.1, 0.15) is 6.54 Å². The van der Waals surface area contributed by atoms with Crippen LogP contribution in [-0.4, -0.2) is 63.6 Å². The zero-order valence-corrected chi connectivity index (χ0v) is 14.4. The lowest BCUT2D eigenvalue weighted by Gasteiger charge is -2.33. The van der Waals surface area contributed by atoms with Gasteiger partial charge in [0, 0.05) is 38.6 Å². The number of amides is 2. The maximum absolute atomic E-state index is 12.2. The fourth-order valence-electron chi connectivity index (χ4n) is 2.98. The number of aryl methyl sites for hydroxylation is 1. The summed E-state index contributed by atoms with van der Waals surface area (Å²) >= 11 is 1.52. The molecule has 1 atom stereocenters. The molecule has 3 heterocycles. The maximum Gasteiger partial charge on any atom is 0.293 e. The summed E-state index contributed by atoms with van der Waals surface area (Å²) < 4.78 is 1.50. The highest BCUT2D eigenvalue weighted by Crippen LogP contribution is 2.16. The first kappa shape index (κ1) is 16.8. The summed E-state index contributed by atoms with van der Waals surface area (Å²) in [6.45, 7) is 1.41. The van der Waals surface area contributed by atoms with E-state index in [-0.39, 0.29) is 30.0 Å². The van der Waals surface area contributed by atoms with Crippen LogP contribution in [-0.2, 0) is 16.6 Å². The molecule has 2 fully saturated rings. The molecular weight excluding hydrogens is 330 g/mol. The van der Waals surface area contributed by atoms with E-state index < -0.39 is 0 Å². The molecule has 1 aromatic rings. The number of piperidine rings is 1. The van der Waals surface area contributed by atoms with Crippen molar-refractivity contribution in [2.24, 2.45) is 7.05 Å². The average molecular weight is 351 g/mol. The Bertz CT molecular complexity index is 692. The molecule has 24 heavy (non-hydrogen) atoms. The van der Waals surface area contributed by atoms with Gasteiger partial charge in [-0.1, -0.05) is 0 Å². The molecule has 8 nitrogen and oxygen atoms in total. The van der Waals surface area contributed by atoms with Crippen molar-refractivity contribution in [3.05, 3.63) is 22.7 Å². The lowest BCUT2D eigenvalue weighted by atomic mass is 10.1. The molecule has 0 spiro atoms. The molecule has 0 aliphatic carbocycles. The Morgan fingerprint density at radius 1 is 1.46 bits per heavy atom. The van der Waals surface area contributed by atoms with E-state index in [4.69, 9.17) is 0 Å². The van der Waals surface area contributed by atoms with Crippen LogP contribution in [0.3, 0.4) is 0 Å². The summed E-state index contributed by atoms with van der Waals surface area (Å²) in [5.41, 5.74) is -0.135. The second-order valence-electron chi connectivity index (χ2n) is 6.09. The number of carbonyl (C=O) groups is 2. The summed E-state index contributed by atoms with van der Waals surface area (Å²) in [5, 5.41) is 2.98. The van der Waals surface area contributed by atoms with Crippen LogP contribution in [0.4, 0.5) is 5.82 Å². The van der Waals surface area contributed by atoms with Gasteiger partial charge in [0.2, 0.25) is 11.8 Å². The van der Waals surface area contributed by atoms with Crippen molar-refractivity contribution in [1.29, 1.82) is 0 Å². The number of anilines is 1. The molecule has 0 saturated carbocycles. The van der Waals surface area contributed by atoms with Crippen LogP contribution in [0.1, 0.15) is 12.8 Å². The third-order valence-electron chi connectivity index (χ3n) is 4.24. The Hall–Kier alpha value is -2.03. The first-order valence-electron chi connectivity index (χ1n) is 7.96. The Balaban J connectivity index is 1.59. The van der Waals surface area contributed by atoms with Crippen LogP contribution < -0.4 is 15.8 Å². The second-order valence-corrected chi connectivity index (χ2v) is 7.04. The van der Waals surface area contributed by atoms with E-state index in [1.165, 1.54) is 16.3 Å². The third kappa shape index (κ3) is 3.72. The predicted octanol–water partition coefficient (Wildman–Crippen LogP) is -0.602. The lowest BCUT2D eigenvalue weighted by Crippen LogP contribution is -2.51. The van der Waals surface area contributed by atoms with Gasteiger partial charge in [-0.3, -0.25) is 14.4 Å². The Morgan fingerprint density at radius 3 is 3.04 bits per heavy atom. The molecule has 2 amide bonds. The van der Waals surface area contributed by atoms with Crippen molar-refractivity contribution >= 4 is 29.4 Å². The summed E-state index contributed by atoms with van der Waals surface area (Å²) in [6.07, 6.45) is 4.97. The van der Waals surface area contributed by atoms with Crippen molar-refractivity contribution in [2.45, 2.75) is 18.9 Å². The van der Waals surface area contributed by atoms with Gasteiger partial charge in [-0.2, -0.15) is 0 Å². The monoisotopic (exact) mass is 351 g/mol. The zero-order valence-electron chi connectivity index (χ0n) is 13.6. The molecule has 130 valence electrons. The minimum absolute atomic E-state index is 0.0115. The van der Waals surface area contributed by atoms with E-state index >= 15 is 0 Å². The van der Waals surface area contributed by atoms with Crippen molar-refractivity contribution in [3.8, 4) is 0 Å². The van der Waals surface area contributed by atoms with E-state index in [2.05, 4.69) is 10.3 Å². The van der Waals surface area contributed by atoms with Crippen molar-refractivity contribution < 1.29 is 9.59 Å². The van der Waals surface area contributed by atoms with Gasteiger partial charge in [0.15, 0.2) is 5.82 Å². The second kappa shape index (κ2) is 7.25. The number of nitrogens with one attached hydrogen (secondary N) is 1. The molecule has 9 heteroatoms. The highest BCUT2D eigenvalue weighted by molar-refractivity contribution is 8.00. The lowest BCUT2D eigenvalue weighted by molar-refractivity contribution is -0.132. The highest BCUT2D eigenvalue weighted by Gasteiger charge is 2.27. The predicted molar refractivity (Wildman–Crippen MR) is 91.9 cm³/mol. The van der Waals surface area contributed by atoms with Gasteiger partial charge in [-0.15, -0.1) is 11.8 Å². The molecule has 0 radical (unpaired) electrons. The van der Waals surface area contributed by atoms with Gasteiger partial charge in [-0.25, -0.2) is 4.98 Å². The van der Waals surface area contributed by atoms with E-state index in [0.717, 1.165) is 19.4 Å². The smallest absolute Gasteiger partial charge is 0.293 e. The van der Waals surface area contributed by atoms with Crippen LogP contribution in [0.2, 0.25) is 0 Å². The number of aromatic nitrogens is 2. The number of nitrogens with zero attached hydrogens (tertiary/aromatic N) is 4. The largest absolute Gasteiger partial charge is 0.350 e. The standard InChI is InChI=1S/C15H21N5O3S/c1-18-6-4-16-14(15(18)23)19-5-2-3-11(7-19)17-12(21)8-20-10-24-9-13(20)22/h4,6,11H,2-3,5,7-10H2,1H3,(H,17,21)/t11-/m0/s1. The number of carbonyl (C=O) groups excluding carboxylic acids is 2. The first-order chi connectivity index (χ1) is 11.5. The van der Waals surface area contributed by atoms with Crippen molar-refractivity contribution in [3.63, 3.8) is 0 Å². The van der Waals surface area contributed by atoms with E-state index in [9.17, 15) is 14.4 Å². The van der Waals surface area contributed by atoms with Crippen LogP contribution in [0.5, 0.6) is 0 Å². The molecule has 1 aromatic heterocycles. The summed E-state index contributed by atoms with van der Waals surface area (Å²) in [7, 11) is 1.70. The minimum atomic E-state index is -0.147. The van der Waals surface area contributed by atoms with E-state index in [0.29, 0.717) is 24.0 Å². The first-order valence-corrected chi connectivity index (χ1v) is 9.11. The minimum Gasteiger partial charge on any atom is -0.350 e. The summed E-state index contributed by atoms with van der Waals surface area (Å²) in [6, 6.07) is -0.0386. The normalized spacial score (nSPS) is 21.2. The molecule has 0 bridgehead atoms. The van der Waals surface area contributed by atoms with E-state index in [1.54, 1.807) is 24.3 Å². The molecule has 0 unspecified atom stereocenters. The Kier molecular flexibility index (Phi) is 5.08. The van der Waals surface area contributed by atoms with E-state index in [1.807, 2.05) is 4.90 Å². The van der Waals surface area contributed by atoms with Gasteiger partial charge < -0.3 is 19.7 Å². The highest BCUT2D eigenvalue weighted by atomic mass is 32.2. The number of thioether (sulfide) groups is 1. The van der Waals surface area contributed by atoms with Gasteiger partial charge in [0.05, 0.1) is 11.6 Å². The Labute approximate surface area is 144 Å². The molecule has 2 aliphatic heterocycles. The summed E-state index contributed by atoms with van der Waals surface area (Å²) in [4.78, 5) is 43.6. The quantitative estimate of drug-likeness (QED) is 0.779.